The highest BCUT2D eigenvalue weighted by atomic mass is 16.2. The van der Waals surface area contributed by atoms with Crippen LogP contribution in [0, 0.1) is 0 Å². The van der Waals surface area contributed by atoms with Crippen LogP contribution >= 0.6 is 0 Å². The molecule has 0 aliphatic heterocycles. The first-order chi connectivity index (χ1) is 8.18. The number of ketones is 2. The highest BCUT2D eigenvalue weighted by Gasteiger charge is 2.05. The summed E-state index contributed by atoms with van der Waals surface area (Å²) in [6, 6.07) is 0. The van der Waals surface area contributed by atoms with Crippen LogP contribution in [0.5, 0.6) is 0 Å². The first kappa shape index (κ1) is 15.8. The van der Waals surface area contributed by atoms with Crippen molar-refractivity contribution in [1.29, 1.82) is 0 Å². The second kappa shape index (κ2) is 11.3. The quantitative estimate of drug-likeness (QED) is 0.326. The van der Waals surface area contributed by atoms with Gasteiger partial charge in [-0.05, 0) is 26.2 Å². The molecule has 0 fully saturated rings. The summed E-state index contributed by atoms with van der Waals surface area (Å²) in [5, 5.41) is 0. The van der Waals surface area contributed by atoms with Crippen molar-refractivity contribution in [3.05, 3.63) is 24.3 Å². The molecule has 0 radical (unpaired) electrons. The molecule has 0 aromatic heterocycles. The molecule has 0 bridgehead atoms. The Morgan fingerprint density at radius 2 is 1.59 bits per heavy atom. The largest absolute Gasteiger partial charge is 0.291 e. The molecule has 0 atom stereocenters. The molecule has 0 heterocycles. The standard InChI is InChI=1S/C15H24O2/c1-3-4-5-6-7-8-9-10-11-12-13-15(17)14(2)16/h3-6H,7-13H2,1-2H3/b4-3+,6-5+. The van der Waals surface area contributed by atoms with Crippen LogP contribution in [0.1, 0.15) is 58.8 Å². The summed E-state index contributed by atoms with van der Waals surface area (Å²) < 4.78 is 0. The van der Waals surface area contributed by atoms with E-state index in [0.29, 0.717) is 6.42 Å². The van der Waals surface area contributed by atoms with E-state index in [0.717, 1.165) is 25.7 Å². The third kappa shape index (κ3) is 11.1. The predicted molar refractivity (Wildman–Crippen MR) is 72.0 cm³/mol. The maximum atomic E-state index is 11.0. The molecule has 0 aliphatic rings. The van der Waals surface area contributed by atoms with Crippen LogP contribution in [-0.4, -0.2) is 11.6 Å². The zero-order valence-corrected chi connectivity index (χ0v) is 11.1. The lowest BCUT2D eigenvalue weighted by atomic mass is 10.1. The van der Waals surface area contributed by atoms with Gasteiger partial charge in [-0.15, -0.1) is 0 Å². The van der Waals surface area contributed by atoms with E-state index in [2.05, 4.69) is 12.2 Å². The smallest absolute Gasteiger partial charge is 0.198 e. The summed E-state index contributed by atoms with van der Waals surface area (Å²) in [5.41, 5.74) is 0. The Morgan fingerprint density at radius 3 is 2.24 bits per heavy atom. The molecule has 0 saturated carbocycles. The van der Waals surface area contributed by atoms with Gasteiger partial charge in [0.25, 0.3) is 0 Å². The molecule has 0 aliphatic carbocycles. The summed E-state index contributed by atoms with van der Waals surface area (Å²) in [6.07, 6.45) is 15.3. The van der Waals surface area contributed by atoms with Crippen LogP contribution in [0.25, 0.3) is 0 Å². The van der Waals surface area contributed by atoms with Gasteiger partial charge < -0.3 is 0 Å². The molecule has 0 rings (SSSR count). The Labute approximate surface area is 105 Å². The summed E-state index contributed by atoms with van der Waals surface area (Å²) in [4.78, 5) is 21.7. The molecular formula is C15H24O2. The number of hydrogen-bond acceptors (Lipinski definition) is 2. The molecule has 96 valence electrons. The Balaban J connectivity index is 3.24. The summed E-state index contributed by atoms with van der Waals surface area (Å²) in [6.45, 7) is 3.35. The normalized spacial score (nSPS) is 11.4. The summed E-state index contributed by atoms with van der Waals surface area (Å²) in [7, 11) is 0. The molecular weight excluding hydrogens is 212 g/mol. The minimum atomic E-state index is -0.306. The minimum absolute atomic E-state index is 0.223. The van der Waals surface area contributed by atoms with Gasteiger partial charge in [0, 0.05) is 13.3 Å². The van der Waals surface area contributed by atoms with Gasteiger partial charge in [-0.3, -0.25) is 9.59 Å². The van der Waals surface area contributed by atoms with Gasteiger partial charge in [0.2, 0.25) is 0 Å². The van der Waals surface area contributed by atoms with Gasteiger partial charge in [-0.1, -0.05) is 43.6 Å². The zero-order valence-electron chi connectivity index (χ0n) is 11.1. The zero-order chi connectivity index (χ0) is 12.9. The molecule has 0 aromatic carbocycles. The monoisotopic (exact) mass is 236 g/mol. The third-order valence-electron chi connectivity index (χ3n) is 2.61. The molecule has 0 aromatic rings. The molecule has 2 nitrogen and oxygen atoms in total. The van der Waals surface area contributed by atoms with E-state index in [1.807, 2.05) is 19.1 Å². The predicted octanol–water partition coefficient (Wildman–Crippen LogP) is 4.01. The molecule has 0 saturated heterocycles. The first-order valence-electron chi connectivity index (χ1n) is 6.50. The van der Waals surface area contributed by atoms with Crippen molar-refractivity contribution in [2.75, 3.05) is 0 Å². The SMILES string of the molecule is C/C=C/C=C/CCCCCCCC(=O)C(C)=O. The van der Waals surface area contributed by atoms with Crippen LogP contribution < -0.4 is 0 Å². The third-order valence-corrected chi connectivity index (χ3v) is 2.61. The van der Waals surface area contributed by atoms with E-state index >= 15 is 0 Å². The lowest BCUT2D eigenvalue weighted by Gasteiger charge is -1.99. The average Bonchev–Trinajstić information content (AvgIpc) is 2.31. The van der Waals surface area contributed by atoms with Crippen LogP contribution in [0.3, 0.4) is 0 Å². The number of hydrogen-bond donors (Lipinski definition) is 0. The van der Waals surface area contributed by atoms with Crippen LogP contribution in [-0.2, 0) is 9.59 Å². The van der Waals surface area contributed by atoms with Crippen LogP contribution in [0.15, 0.2) is 24.3 Å². The van der Waals surface area contributed by atoms with Gasteiger partial charge >= 0.3 is 0 Å². The average molecular weight is 236 g/mol. The lowest BCUT2D eigenvalue weighted by molar-refractivity contribution is -0.135. The maximum Gasteiger partial charge on any atom is 0.198 e. The topological polar surface area (TPSA) is 34.1 Å². The Morgan fingerprint density at radius 1 is 0.941 bits per heavy atom. The number of carbonyl (C=O) groups is 2. The van der Waals surface area contributed by atoms with Crippen LogP contribution in [0.2, 0.25) is 0 Å². The van der Waals surface area contributed by atoms with E-state index in [1.165, 1.54) is 19.8 Å². The molecule has 0 N–H and O–H groups in total. The van der Waals surface area contributed by atoms with Gasteiger partial charge in [0.05, 0.1) is 0 Å². The van der Waals surface area contributed by atoms with Crippen molar-refractivity contribution in [2.45, 2.75) is 58.8 Å². The van der Waals surface area contributed by atoms with E-state index in [1.54, 1.807) is 0 Å². The molecule has 0 spiro atoms. The van der Waals surface area contributed by atoms with Crippen molar-refractivity contribution in [1.82, 2.24) is 0 Å². The van der Waals surface area contributed by atoms with Gasteiger partial charge in [0.1, 0.15) is 0 Å². The first-order valence-corrected chi connectivity index (χ1v) is 6.50. The fourth-order valence-corrected chi connectivity index (χ4v) is 1.54. The minimum Gasteiger partial charge on any atom is -0.291 e. The number of Topliss-reactive ketones (excluding diaryl/α,β-unsaturated/α-hetero) is 2. The van der Waals surface area contributed by atoms with E-state index in [-0.39, 0.29) is 11.6 Å². The molecule has 17 heavy (non-hydrogen) atoms. The van der Waals surface area contributed by atoms with Crippen molar-refractivity contribution >= 4 is 11.6 Å². The summed E-state index contributed by atoms with van der Waals surface area (Å²) >= 11 is 0. The Bertz CT molecular complexity index is 275. The molecule has 0 amide bonds. The lowest BCUT2D eigenvalue weighted by Crippen LogP contribution is -2.08. The fourth-order valence-electron chi connectivity index (χ4n) is 1.54. The Hall–Kier alpha value is -1.18. The highest BCUT2D eigenvalue weighted by Crippen LogP contribution is 2.08. The second-order valence-electron chi connectivity index (χ2n) is 4.24. The fraction of sp³-hybridized carbons (Fsp3) is 0.600. The van der Waals surface area contributed by atoms with Crippen molar-refractivity contribution < 1.29 is 9.59 Å². The highest BCUT2D eigenvalue weighted by molar-refractivity contribution is 6.36. The van der Waals surface area contributed by atoms with E-state index < -0.39 is 0 Å². The van der Waals surface area contributed by atoms with Crippen LogP contribution in [0.4, 0.5) is 0 Å². The number of unbranched alkanes of at least 4 members (excludes halogenated alkanes) is 5. The molecule has 2 heteroatoms. The van der Waals surface area contributed by atoms with Crippen molar-refractivity contribution in [3.8, 4) is 0 Å². The summed E-state index contributed by atoms with van der Waals surface area (Å²) in [5.74, 6) is -0.529. The number of rotatable bonds is 10. The maximum absolute atomic E-state index is 11.0. The van der Waals surface area contributed by atoms with Gasteiger partial charge in [-0.2, -0.15) is 0 Å². The Kier molecular flexibility index (Phi) is 10.5. The van der Waals surface area contributed by atoms with Crippen molar-refractivity contribution in [3.63, 3.8) is 0 Å². The second-order valence-corrected chi connectivity index (χ2v) is 4.24. The van der Waals surface area contributed by atoms with E-state index in [4.69, 9.17) is 0 Å². The number of allylic oxidation sites excluding steroid dienone is 4. The molecule has 0 unspecified atom stereocenters. The van der Waals surface area contributed by atoms with E-state index in [9.17, 15) is 9.59 Å². The van der Waals surface area contributed by atoms with Crippen molar-refractivity contribution in [2.24, 2.45) is 0 Å². The number of carbonyl (C=O) groups excluding carboxylic acids is 2. The van der Waals surface area contributed by atoms with Gasteiger partial charge in [0.15, 0.2) is 11.6 Å². The van der Waals surface area contributed by atoms with Gasteiger partial charge in [-0.25, -0.2) is 0 Å².